The van der Waals surface area contributed by atoms with Crippen molar-refractivity contribution in [2.45, 2.75) is 31.7 Å². The van der Waals surface area contributed by atoms with Crippen LogP contribution >= 0.6 is 0 Å². The average Bonchev–Trinajstić information content (AvgIpc) is 3.44. The number of anilines is 1. The zero-order valence-electron chi connectivity index (χ0n) is 16.7. The topological polar surface area (TPSA) is 108 Å². The maximum atomic E-state index is 12.8. The van der Waals surface area contributed by atoms with E-state index in [9.17, 15) is 14.4 Å². The molecule has 8 heteroatoms. The van der Waals surface area contributed by atoms with Gasteiger partial charge in [0.25, 0.3) is 17.4 Å². The number of carbonyl (C=O) groups is 2. The van der Waals surface area contributed by atoms with Crippen LogP contribution in [0.15, 0.2) is 59.5 Å². The molecule has 2 heterocycles. The van der Waals surface area contributed by atoms with Crippen LogP contribution in [0, 0.1) is 0 Å². The third-order valence-electron chi connectivity index (χ3n) is 5.72. The molecular weight excluding hydrogens is 394 g/mol. The van der Waals surface area contributed by atoms with Gasteiger partial charge in [0.2, 0.25) is 0 Å². The summed E-state index contributed by atoms with van der Waals surface area (Å²) in [7, 11) is 0. The van der Waals surface area contributed by atoms with Gasteiger partial charge in [-0.2, -0.15) is 5.10 Å². The van der Waals surface area contributed by atoms with Gasteiger partial charge in [-0.05, 0) is 49.2 Å². The zero-order valence-corrected chi connectivity index (χ0v) is 16.7. The van der Waals surface area contributed by atoms with Crippen LogP contribution in [0.4, 0.5) is 5.69 Å². The molecule has 3 N–H and O–H groups in total. The van der Waals surface area contributed by atoms with Crippen molar-refractivity contribution >= 4 is 34.1 Å². The van der Waals surface area contributed by atoms with E-state index >= 15 is 0 Å². The lowest BCUT2D eigenvalue weighted by molar-refractivity contribution is 0.0937. The molecule has 0 aliphatic heterocycles. The Morgan fingerprint density at radius 2 is 1.74 bits per heavy atom. The normalized spacial score (nSPS) is 14.2. The van der Waals surface area contributed by atoms with Crippen molar-refractivity contribution in [1.82, 2.24) is 19.9 Å². The molecule has 0 bridgehead atoms. The Balaban J connectivity index is 1.36. The maximum absolute atomic E-state index is 12.8. The number of hydrogen-bond donors (Lipinski definition) is 3. The first-order valence-corrected chi connectivity index (χ1v) is 10.3. The molecule has 8 nitrogen and oxygen atoms in total. The van der Waals surface area contributed by atoms with Gasteiger partial charge in [0.1, 0.15) is 11.2 Å². The van der Waals surface area contributed by atoms with Crippen molar-refractivity contribution in [3.8, 4) is 0 Å². The van der Waals surface area contributed by atoms with Gasteiger partial charge < -0.3 is 15.6 Å². The van der Waals surface area contributed by atoms with E-state index in [1.807, 2.05) is 6.07 Å². The Morgan fingerprint density at radius 3 is 2.52 bits per heavy atom. The second kappa shape index (κ2) is 7.71. The Bertz CT molecular complexity index is 1350. The van der Waals surface area contributed by atoms with Crippen LogP contribution in [0.5, 0.6) is 0 Å². The first kappa shape index (κ1) is 19.0. The molecule has 4 aromatic rings. The number of fused-ring (bicyclic) bond motifs is 3. The highest BCUT2D eigenvalue weighted by atomic mass is 16.2. The number of nitrogens with one attached hydrogen (secondary N) is 3. The molecule has 1 fully saturated rings. The highest BCUT2D eigenvalue weighted by Gasteiger charge is 2.19. The molecule has 2 amide bonds. The van der Waals surface area contributed by atoms with Gasteiger partial charge in [0.05, 0.1) is 17.1 Å². The van der Waals surface area contributed by atoms with Gasteiger partial charge in [0, 0.05) is 17.3 Å². The van der Waals surface area contributed by atoms with Gasteiger partial charge in [-0.3, -0.25) is 14.4 Å². The van der Waals surface area contributed by atoms with Crippen molar-refractivity contribution in [2.75, 3.05) is 5.32 Å². The van der Waals surface area contributed by atoms with Crippen LogP contribution in [0.1, 0.15) is 46.4 Å². The van der Waals surface area contributed by atoms with E-state index in [-0.39, 0.29) is 23.1 Å². The van der Waals surface area contributed by atoms with Crippen molar-refractivity contribution in [1.29, 1.82) is 0 Å². The summed E-state index contributed by atoms with van der Waals surface area (Å²) in [6.07, 6.45) is 5.78. The van der Waals surface area contributed by atoms with Crippen molar-refractivity contribution in [2.24, 2.45) is 0 Å². The second-order valence-electron chi connectivity index (χ2n) is 7.78. The number of para-hydroxylation sites is 1. The van der Waals surface area contributed by atoms with Gasteiger partial charge >= 0.3 is 0 Å². The van der Waals surface area contributed by atoms with Crippen LogP contribution in [0.25, 0.3) is 16.6 Å². The van der Waals surface area contributed by atoms with Crippen LogP contribution in [0.2, 0.25) is 0 Å². The predicted octanol–water partition coefficient (Wildman–Crippen LogP) is 3.10. The number of benzene rings is 2. The van der Waals surface area contributed by atoms with Gasteiger partial charge in [-0.15, -0.1) is 0 Å². The molecule has 0 atom stereocenters. The standard InChI is InChI=1S/C23H21N5O3/c29-21(25-15-5-1-2-6-15)14-9-11-16(12-10-14)26-23(31)18-13-24-28-19-8-4-3-7-17(19)22(30)27-20(18)28/h3-4,7-13,15H,1-2,5-6H2,(H,25,29)(H,26,31)(H,27,30). The number of amides is 2. The smallest absolute Gasteiger partial charge is 0.261 e. The van der Waals surface area contributed by atoms with E-state index in [1.165, 1.54) is 6.20 Å². The molecule has 0 unspecified atom stereocenters. The van der Waals surface area contributed by atoms with Gasteiger partial charge in [0.15, 0.2) is 0 Å². The molecule has 5 rings (SSSR count). The zero-order chi connectivity index (χ0) is 21.4. The van der Waals surface area contributed by atoms with Crippen molar-refractivity contribution < 1.29 is 9.59 Å². The Kier molecular flexibility index (Phi) is 4.74. The fourth-order valence-electron chi connectivity index (χ4n) is 4.09. The van der Waals surface area contributed by atoms with E-state index in [1.54, 1.807) is 47.0 Å². The molecule has 2 aromatic carbocycles. The summed E-state index contributed by atoms with van der Waals surface area (Å²) in [4.78, 5) is 40.3. The second-order valence-corrected chi connectivity index (χ2v) is 7.78. The molecule has 1 aliphatic rings. The molecular formula is C23H21N5O3. The first-order valence-electron chi connectivity index (χ1n) is 10.3. The summed E-state index contributed by atoms with van der Waals surface area (Å²) in [5.74, 6) is -0.499. The number of rotatable bonds is 4. The van der Waals surface area contributed by atoms with E-state index in [0.29, 0.717) is 27.8 Å². The molecule has 0 radical (unpaired) electrons. The van der Waals surface area contributed by atoms with Crippen LogP contribution in [-0.2, 0) is 0 Å². The molecule has 0 saturated heterocycles. The van der Waals surface area contributed by atoms with E-state index < -0.39 is 5.91 Å². The van der Waals surface area contributed by atoms with Crippen LogP contribution in [0.3, 0.4) is 0 Å². The molecule has 1 aliphatic carbocycles. The number of nitrogens with zero attached hydrogens (tertiary/aromatic N) is 2. The largest absolute Gasteiger partial charge is 0.349 e. The lowest BCUT2D eigenvalue weighted by Crippen LogP contribution is -2.32. The lowest BCUT2D eigenvalue weighted by Gasteiger charge is -2.12. The molecule has 2 aromatic heterocycles. The minimum Gasteiger partial charge on any atom is -0.349 e. The highest BCUT2D eigenvalue weighted by molar-refractivity contribution is 6.08. The number of carbonyl (C=O) groups excluding carboxylic acids is 2. The fourth-order valence-corrected chi connectivity index (χ4v) is 4.09. The monoisotopic (exact) mass is 415 g/mol. The number of aromatic nitrogens is 3. The van der Waals surface area contributed by atoms with Crippen LogP contribution < -0.4 is 16.2 Å². The summed E-state index contributed by atoms with van der Waals surface area (Å²) >= 11 is 0. The summed E-state index contributed by atoms with van der Waals surface area (Å²) in [6.45, 7) is 0. The SMILES string of the molecule is O=C(NC1CCCC1)c1ccc(NC(=O)c2cnn3c2[nH]c(=O)c2ccccc23)cc1. The van der Waals surface area contributed by atoms with Crippen molar-refractivity contribution in [3.63, 3.8) is 0 Å². The minimum absolute atomic E-state index is 0.100. The Labute approximate surface area is 177 Å². The highest BCUT2D eigenvalue weighted by Crippen LogP contribution is 2.19. The van der Waals surface area contributed by atoms with E-state index in [2.05, 4.69) is 20.7 Å². The number of aromatic amines is 1. The summed E-state index contributed by atoms with van der Waals surface area (Å²) in [5, 5.41) is 10.6. The third-order valence-corrected chi connectivity index (χ3v) is 5.72. The number of hydrogen-bond acceptors (Lipinski definition) is 4. The summed E-state index contributed by atoms with van der Waals surface area (Å²) in [5.41, 5.74) is 2.02. The summed E-state index contributed by atoms with van der Waals surface area (Å²) in [6, 6.07) is 14.1. The van der Waals surface area contributed by atoms with Crippen LogP contribution in [-0.4, -0.2) is 32.5 Å². The third kappa shape index (κ3) is 3.56. The Hall–Kier alpha value is -3.94. The minimum atomic E-state index is -0.399. The Morgan fingerprint density at radius 1 is 1.00 bits per heavy atom. The molecule has 31 heavy (non-hydrogen) atoms. The summed E-state index contributed by atoms with van der Waals surface area (Å²) < 4.78 is 1.54. The van der Waals surface area contributed by atoms with Gasteiger partial charge in [-0.1, -0.05) is 25.0 Å². The average molecular weight is 415 g/mol. The quantitative estimate of drug-likeness (QED) is 0.476. The molecule has 156 valence electrons. The fraction of sp³-hybridized carbons (Fsp3) is 0.217. The van der Waals surface area contributed by atoms with Crippen molar-refractivity contribution in [3.05, 3.63) is 76.2 Å². The first-order chi connectivity index (χ1) is 15.1. The number of H-pyrrole nitrogens is 1. The van der Waals surface area contributed by atoms with E-state index in [4.69, 9.17) is 0 Å². The van der Waals surface area contributed by atoms with E-state index in [0.717, 1.165) is 25.7 Å². The molecule has 1 saturated carbocycles. The maximum Gasteiger partial charge on any atom is 0.261 e. The predicted molar refractivity (Wildman–Crippen MR) is 117 cm³/mol. The molecule has 0 spiro atoms. The van der Waals surface area contributed by atoms with Gasteiger partial charge in [-0.25, -0.2) is 4.52 Å². The lowest BCUT2D eigenvalue weighted by atomic mass is 10.1.